The van der Waals surface area contributed by atoms with E-state index in [-0.39, 0.29) is 22.1 Å². The summed E-state index contributed by atoms with van der Waals surface area (Å²) in [7, 11) is 0. The average molecular weight is 297 g/mol. The Labute approximate surface area is 124 Å². The van der Waals surface area contributed by atoms with Gasteiger partial charge in [-0.05, 0) is 48.8 Å². The van der Waals surface area contributed by atoms with Crippen LogP contribution in [0.1, 0.15) is 50.4 Å². The van der Waals surface area contributed by atoms with Gasteiger partial charge in [0, 0.05) is 0 Å². The second-order valence-corrected chi connectivity index (χ2v) is 7.01. The highest BCUT2D eigenvalue weighted by Crippen LogP contribution is 2.40. The van der Waals surface area contributed by atoms with E-state index in [1.165, 1.54) is 12.5 Å². The lowest BCUT2D eigenvalue weighted by molar-refractivity contribution is 0.0562. The number of ether oxygens (including phenoxy) is 1. The zero-order valence-electron chi connectivity index (χ0n) is 12.1. The van der Waals surface area contributed by atoms with Crippen molar-refractivity contribution in [3.63, 3.8) is 0 Å². The number of hydrogen-bond donors (Lipinski definition) is 1. The second kappa shape index (κ2) is 5.65. The molecule has 1 saturated carbocycles. The molecule has 2 unspecified atom stereocenters. The minimum Gasteiger partial charge on any atom is -0.490 e. The highest BCUT2D eigenvalue weighted by molar-refractivity contribution is 6.33. The third kappa shape index (κ3) is 3.66. The fraction of sp³-hybridized carbons (Fsp3) is 0.562. The van der Waals surface area contributed by atoms with Crippen LogP contribution in [0.3, 0.4) is 0 Å². The van der Waals surface area contributed by atoms with Crippen molar-refractivity contribution >= 4 is 17.6 Å². The monoisotopic (exact) mass is 296 g/mol. The Hall–Kier alpha value is -1.22. The number of halogens is 1. The first-order valence-corrected chi connectivity index (χ1v) is 7.34. The van der Waals surface area contributed by atoms with Crippen LogP contribution in [-0.2, 0) is 0 Å². The van der Waals surface area contributed by atoms with E-state index in [2.05, 4.69) is 20.8 Å². The molecule has 0 bridgehead atoms. The summed E-state index contributed by atoms with van der Waals surface area (Å²) in [5.41, 5.74) is 0.393. The molecule has 1 aliphatic carbocycles. The second-order valence-electron chi connectivity index (χ2n) is 6.60. The molecule has 2 rings (SSSR count). The quantitative estimate of drug-likeness (QED) is 0.884. The molecule has 0 aliphatic heterocycles. The van der Waals surface area contributed by atoms with Crippen LogP contribution in [0, 0.1) is 11.3 Å². The molecule has 1 aromatic rings. The lowest BCUT2D eigenvalue weighted by atomic mass is 9.71. The van der Waals surface area contributed by atoms with E-state index < -0.39 is 5.97 Å². The minimum absolute atomic E-state index is 0.108. The molecular formula is C16H21ClO3. The van der Waals surface area contributed by atoms with Crippen molar-refractivity contribution in [1.82, 2.24) is 0 Å². The van der Waals surface area contributed by atoms with Gasteiger partial charge in [-0.15, -0.1) is 0 Å². The standard InChI is InChI=1S/C16H21ClO3/c1-10-6-12(9-16(2,3)8-10)20-11-4-5-13(15(18)19)14(17)7-11/h4-5,7,10,12H,6,8-9H2,1-3H3,(H,18,19). The maximum absolute atomic E-state index is 10.9. The summed E-state index contributed by atoms with van der Waals surface area (Å²) in [4.78, 5) is 10.9. The van der Waals surface area contributed by atoms with Crippen LogP contribution >= 0.6 is 11.6 Å². The van der Waals surface area contributed by atoms with Gasteiger partial charge in [0.2, 0.25) is 0 Å². The van der Waals surface area contributed by atoms with Gasteiger partial charge in [0.25, 0.3) is 0 Å². The first-order valence-electron chi connectivity index (χ1n) is 6.96. The normalized spacial score (nSPS) is 25.2. The highest BCUT2D eigenvalue weighted by Gasteiger charge is 2.33. The first-order chi connectivity index (χ1) is 9.27. The van der Waals surface area contributed by atoms with E-state index in [1.807, 2.05) is 0 Å². The average Bonchev–Trinajstić information content (AvgIpc) is 2.25. The van der Waals surface area contributed by atoms with Gasteiger partial charge in [-0.25, -0.2) is 4.79 Å². The van der Waals surface area contributed by atoms with Crippen molar-refractivity contribution in [2.75, 3.05) is 0 Å². The van der Waals surface area contributed by atoms with Crippen LogP contribution in [-0.4, -0.2) is 17.2 Å². The van der Waals surface area contributed by atoms with Crippen LogP contribution in [0.4, 0.5) is 0 Å². The molecule has 1 N–H and O–H groups in total. The van der Waals surface area contributed by atoms with Gasteiger partial charge >= 0.3 is 5.97 Å². The number of benzene rings is 1. The molecular weight excluding hydrogens is 276 g/mol. The van der Waals surface area contributed by atoms with Crippen LogP contribution in [0.15, 0.2) is 18.2 Å². The summed E-state index contributed by atoms with van der Waals surface area (Å²) in [6.07, 6.45) is 3.42. The molecule has 0 amide bonds. The maximum atomic E-state index is 10.9. The zero-order chi connectivity index (χ0) is 14.9. The van der Waals surface area contributed by atoms with Gasteiger partial charge in [0.05, 0.1) is 16.7 Å². The van der Waals surface area contributed by atoms with Gasteiger partial charge < -0.3 is 9.84 Å². The molecule has 0 radical (unpaired) electrons. The van der Waals surface area contributed by atoms with Gasteiger partial charge in [0.1, 0.15) is 5.75 Å². The topological polar surface area (TPSA) is 46.5 Å². The van der Waals surface area contributed by atoms with Crippen molar-refractivity contribution < 1.29 is 14.6 Å². The lowest BCUT2D eigenvalue weighted by Crippen LogP contribution is -2.34. The Balaban J connectivity index is 2.10. The van der Waals surface area contributed by atoms with E-state index in [9.17, 15) is 4.79 Å². The van der Waals surface area contributed by atoms with Crippen LogP contribution < -0.4 is 4.74 Å². The van der Waals surface area contributed by atoms with E-state index >= 15 is 0 Å². The van der Waals surface area contributed by atoms with Crippen molar-refractivity contribution in [3.05, 3.63) is 28.8 Å². The SMILES string of the molecule is CC1CC(Oc2ccc(C(=O)O)c(Cl)c2)CC(C)(C)C1. The Morgan fingerprint density at radius 2 is 2.10 bits per heavy atom. The summed E-state index contributed by atoms with van der Waals surface area (Å²) < 4.78 is 6.00. The summed E-state index contributed by atoms with van der Waals surface area (Å²) >= 11 is 5.97. The molecule has 0 aromatic heterocycles. The Bertz CT molecular complexity index is 510. The molecule has 4 heteroatoms. The highest BCUT2D eigenvalue weighted by atomic mass is 35.5. The summed E-state index contributed by atoms with van der Waals surface area (Å²) in [5, 5.41) is 9.18. The number of carboxylic acids is 1. The molecule has 110 valence electrons. The third-order valence-electron chi connectivity index (χ3n) is 3.82. The van der Waals surface area contributed by atoms with E-state index in [1.54, 1.807) is 12.1 Å². The predicted molar refractivity (Wildman–Crippen MR) is 79.6 cm³/mol. The Morgan fingerprint density at radius 1 is 1.40 bits per heavy atom. The molecule has 1 aliphatic rings. The van der Waals surface area contributed by atoms with Crippen LogP contribution in [0.5, 0.6) is 5.75 Å². The summed E-state index contributed by atoms with van der Waals surface area (Å²) in [6, 6.07) is 4.77. The van der Waals surface area contributed by atoms with Crippen LogP contribution in [0.2, 0.25) is 5.02 Å². The molecule has 1 aromatic carbocycles. The van der Waals surface area contributed by atoms with Gasteiger partial charge in [0.15, 0.2) is 0 Å². The molecule has 0 heterocycles. The number of carboxylic acid groups (broad SMARTS) is 1. The predicted octanol–water partition coefficient (Wildman–Crippen LogP) is 4.63. The largest absolute Gasteiger partial charge is 0.490 e. The fourth-order valence-electron chi connectivity index (χ4n) is 3.28. The molecule has 0 saturated heterocycles. The van der Waals surface area contributed by atoms with Gasteiger partial charge in [-0.3, -0.25) is 0 Å². The van der Waals surface area contributed by atoms with E-state index in [0.29, 0.717) is 11.7 Å². The smallest absolute Gasteiger partial charge is 0.337 e. The number of aromatic carboxylic acids is 1. The Kier molecular flexibility index (Phi) is 4.28. The first kappa shape index (κ1) is 15.2. The molecule has 3 nitrogen and oxygen atoms in total. The maximum Gasteiger partial charge on any atom is 0.337 e. The van der Waals surface area contributed by atoms with Gasteiger partial charge in [-0.2, -0.15) is 0 Å². The van der Waals surface area contributed by atoms with Crippen molar-refractivity contribution in [2.45, 2.75) is 46.1 Å². The van der Waals surface area contributed by atoms with Crippen LogP contribution in [0.25, 0.3) is 0 Å². The minimum atomic E-state index is -1.02. The molecule has 2 atom stereocenters. The number of rotatable bonds is 3. The molecule has 1 fully saturated rings. The number of carbonyl (C=O) groups is 1. The van der Waals surface area contributed by atoms with E-state index in [0.717, 1.165) is 12.8 Å². The molecule has 0 spiro atoms. The Morgan fingerprint density at radius 3 is 2.65 bits per heavy atom. The van der Waals surface area contributed by atoms with Crippen molar-refractivity contribution in [2.24, 2.45) is 11.3 Å². The zero-order valence-corrected chi connectivity index (χ0v) is 12.9. The van der Waals surface area contributed by atoms with Crippen molar-refractivity contribution in [3.8, 4) is 5.75 Å². The molecule has 20 heavy (non-hydrogen) atoms. The summed E-state index contributed by atoms with van der Waals surface area (Å²) in [6.45, 7) is 6.77. The lowest BCUT2D eigenvalue weighted by Gasteiger charge is -2.38. The summed E-state index contributed by atoms with van der Waals surface area (Å²) in [5.74, 6) is 0.265. The third-order valence-corrected chi connectivity index (χ3v) is 4.13. The van der Waals surface area contributed by atoms with Crippen molar-refractivity contribution in [1.29, 1.82) is 0 Å². The number of hydrogen-bond acceptors (Lipinski definition) is 2. The van der Waals surface area contributed by atoms with E-state index in [4.69, 9.17) is 21.4 Å². The van der Waals surface area contributed by atoms with Gasteiger partial charge in [-0.1, -0.05) is 32.4 Å². The fourth-order valence-corrected chi connectivity index (χ4v) is 3.53.